The summed E-state index contributed by atoms with van der Waals surface area (Å²) in [6.45, 7) is 16.4. The lowest BCUT2D eigenvalue weighted by Gasteiger charge is -2.49. The van der Waals surface area contributed by atoms with Crippen molar-refractivity contribution in [1.29, 1.82) is 0 Å². The number of ether oxygens (including phenoxy) is 9. The normalized spacial score (nSPS) is 31.7. The van der Waals surface area contributed by atoms with E-state index in [2.05, 4.69) is 34.6 Å². The molecule has 0 aromatic heterocycles. The first kappa shape index (κ1) is 41.3. The van der Waals surface area contributed by atoms with Gasteiger partial charge >= 0.3 is 5.97 Å². The van der Waals surface area contributed by atoms with Gasteiger partial charge in [0.2, 0.25) is 6.36 Å². The Bertz CT molecular complexity index is 776. The summed E-state index contributed by atoms with van der Waals surface area (Å²) in [5.74, 6) is -1.11. The van der Waals surface area contributed by atoms with Gasteiger partial charge in [-0.2, -0.15) is 0 Å². The highest BCUT2D eigenvalue weighted by molar-refractivity contribution is 5.66. The molecule has 0 aliphatic carbocycles. The SMILES string of the molecule is CCCCOCC1O[C@@H](F)[C@@H](C)C(OCCCC)[C@@H]1O[C@@H]1OC(COCCCC)[C@H](OCCCC)C(OCCCC)[C@@H]1OC(C)=O. The number of rotatable bonds is 25. The van der Waals surface area contributed by atoms with Crippen LogP contribution in [0.1, 0.15) is 113 Å². The Labute approximate surface area is 277 Å². The van der Waals surface area contributed by atoms with E-state index in [0.29, 0.717) is 33.0 Å². The highest BCUT2D eigenvalue weighted by atomic mass is 19.1. The zero-order chi connectivity index (χ0) is 33.7. The maximum atomic E-state index is 15.3. The summed E-state index contributed by atoms with van der Waals surface area (Å²) in [5, 5.41) is 0. The summed E-state index contributed by atoms with van der Waals surface area (Å²) in [6, 6.07) is 0. The van der Waals surface area contributed by atoms with Gasteiger partial charge in [0.25, 0.3) is 0 Å². The molecule has 0 N–H and O–H groups in total. The highest BCUT2D eigenvalue weighted by Crippen LogP contribution is 2.36. The van der Waals surface area contributed by atoms with Gasteiger partial charge in [-0.15, -0.1) is 0 Å². The van der Waals surface area contributed by atoms with E-state index in [4.69, 9.17) is 42.6 Å². The summed E-state index contributed by atoms with van der Waals surface area (Å²) >= 11 is 0. The second kappa shape index (κ2) is 24.3. The molecule has 46 heavy (non-hydrogen) atoms. The Balaban J connectivity index is 2.48. The standard InChI is InChI=1S/C35H65FO10/c1-8-13-18-38-23-27-30(41-21-16-11-4)32(42-22-17-12-5)33(43-26(7)37)35(45-27)46-31-28(24-39-19-14-9-2)44-34(36)25(6)29(31)40-20-15-10-3/h25,27-35H,8-24H2,1-7H3/t25-,27?,28?,29?,30-,31+,32?,33-,34+,35-/m0/s1. The van der Waals surface area contributed by atoms with Crippen LogP contribution < -0.4 is 0 Å². The summed E-state index contributed by atoms with van der Waals surface area (Å²) in [4.78, 5) is 12.5. The van der Waals surface area contributed by atoms with Crippen molar-refractivity contribution < 1.29 is 51.8 Å². The first-order chi connectivity index (χ1) is 22.3. The number of hydrogen-bond donors (Lipinski definition) is 0. The van der Waals surface area contributed by atoms with E-state index in [0.717, 1.165) is 64.2 Å². The van der Waals surface area contributed by atoms with E-state index < -0.39 is 67.3 Å². The van der Waals surface area contributed by atoms with E-state index in [1.54, 1.807) is 6.92 Å². The molecular formula is C35H65FO10. The molecule has 10 nitrogen and oxygen atoms in total. The molecule has 0 saturated carbocycles. The average Bonchev–Trinajstić information content (AvgIpc) is 3.03. The van der Waals surface area contributed by atoms with Crippen LogP contribution in [0.15, 0.2) is 0 Å². The van der Waals surface area contributed by atoms with Crippen LogP contribution in [0, 0.1) is 5.92 Å². The lowest BCUT2D eigenvalue weighted by atomic mass is 9.92. The van der Waals surface area contributed by atoms with Gasteiger partial charge in [-0.3, -0.25) is 4.79 Å². The van der Waals surface area contributed by atoms with Crippen molar-refractivity contribution in [3.63, 3.8) is 0 Å². The molecular weight excluding hydrogens is 599 g/mol. The molecule has 0 amide bonds. The van der Waals surface area contributed by atoms with Crippen LogP contribution in [-0.2, 0) is 47.4 Å². The molecule has 2 fully saturated rings. The zero-order valence-corrected chi connectivity index (χ0v) is 29.8. The lowest BCUT2D eigenvalue weighted by molar-refractivity contribution is -0.355. The predicted molar refractivity (Wildman–Crippen MR) is 173 cm³/mol. The zero-order valence-electron chi connectivity index (χ0n) is 29.8. The second-order valence-electron chi connectivity index (χ2n) is 12.5. The number of alkyl halides is 1. The van der Waals surface area contributed by atoms with Crippen molar-refractivity contribution in [1.82, 2.24) is 0 Å². The van der Waals surface area contributed by atoms with Crippen LogP contribution >= 0.6 is 0 Å². The van der Waals surface area contributed by atoms with Gasteiger partial charge in [-0.1, -0.05) is 73.6 Å². The maximum Gasteiger partial charge on any atom is 0.303 e. The van der Waals surface area contributed by atoms with E-state index in [9.17, 15) is 4.79 Å². The van der Waals surface area contributed by atoms with Crippen LogP contribution in [0.4, 0.5) is 4.39 Å². The first-order valence-electron chi connectivity index (χ1n) is 18.1. The van der Waals surface area contributed by atoms with E-state index in [-0.39, 0.29) is 13.2 Å². The smallest absolute Gasteiger partial charge is 0.303 e. The van der Waals surface area contributed by atoms with Gasteiger partial charge in [0.1, 0.15) is 30.5 Å². The molecule has 2 heterocycles. The Kier molecular flexibility index (Phi) is 21.7. The number of carbonyl (C=O) groups is 1. The molecule has 2 aliphatic rings. The van der Waals surface area contributed by atoms with Crippen LogP contribution in [0.25, 0.3) is 0 Å². The third-order valence-electron chi connectivity index (χ3n) is 8.38. The van der Waals surface area contributed by atoms with Crippen LogP contribution in [-0.4, -0.2) is 108 Å². The van der Waals surface area contributed by atoms with Crippen molar-refractivity contribution in [2.45, 2.75) is 168 Å². The molecule has 10 atom stereocenters. The topological polar surface area (TPSA) is 100 Å². The van der Waals surface area contributed by atoms with E-state index >= 15 is 4.39 Å². The van der Waals surface area contributed by atoms with Crippen molar-refractivity contribution in [3.8, 4) is 0 Å². The van der Waals surface area contributed by atoms with Crippen LogP contribution in [0.2, 0.25) is 0 Å². The van der Waals surface area contributed by atoms with Crippen molar-refractivity contribution in [2.75, 3.05) is 46.2 Å². The summed E-state index contributed by atoms with van der Waals surface area (Å²) in [7, 11) is 0. The number of hydrogen-bond acceptors (Lipinski definition) is 10. The largest absolute Gasteiger partial charge is 0.454 e. The molecule has 4 unspecified atom stereocenters. The fourth-order valence-electron chi connectivity index (χ4n) is 5.54. The second-order valence-corrected chi connectivity index (χ2v) is 12.5. The first-order valence-corrected chi connectivity index (χ1v) is 18.1. The van der Waals surface area contributed by atoms with Gasteiger partial charge in [-0.25, -0.2) is 4.39 Å². The Morgan fingerprint density at radius 1 is 0.609 bits per heavy atom. The van der Waals surface area contributed by atoms with Crippen LogP contribution in [0.3, 0.4) is 0 Å². The third kappa shape index (κ3) is 13.9. The quantitative estimate of drug-likeness (QED) is 0.0789. The van der Waals surface area contributed by atoms with E-state index in [1.807, 2.05) is 0 Å². The molecule has 2 rings (SSSR count). The van der Waals surface area contributed by atoms with Gasteiger partial charge in [0, 0.05) is 45.9 Å². The highest BCUT2D eigenvalue weighted by Gasteiger charge is 2.54. The monoisotopic (exact) mass is 664 g/mol. The van der Waals surface area contributed by atoms with Crippen LogP contribution in [0.5, 0.6) is 0 Å². The Morgan fingerprint density at radius 3 is 1.57 bits per heavy atom. The minimum Gasteiger partial charge on any atom is -0.454 e. The molecule has 0 aromatic rings. The number of unbranched alkanes of at least 4 members (excludes halogenated alkanes) is 5. The average molecular weight is 665 g/mol. The minimum atomic E-state index is -1.55. The Hall–Kier alpha value is -0.920. The van der Waals surface area contributed by atoms with Gasteiger partial charge in [0.15, 0.2) is 12.4 Å². The van der Waals surface area contributed by atoms with Crippen molar-refractivity contribution >= 4 is 5.97 Å². The minimum absolute atomic E-state index is 0.124. The summed E-state index contributed by atoms with van der Waals surface area (Å²) in [6.07, 6.45) is 1.53. The molecule has 272 valence electrons. The molecule has 0 bridgehead atoms. The van der Waals surface area contributed by atoms with Gasteiger partial charge < -0.3 is 42.6 Å². The van der Waals surface area contributed by atoms with Crippen molar-refractivity contribution in [3.05, 3.63) is 0 Å². The van der Waals surface area contributed by atoms with E-state index in [1.165, 1.54) is 6.92 Å². The van der Waals surface area contributed by atoms with Gasteiger partial charge in [-0.05, 0) is 32.1 Å². The lowest BCUT2D eigenvalue weighted by Crippen LogP contribution is -2.65. The molecule has 2 aliphatic heterocycles. The fourth-order valence-corrected chi connectivity index (χ4v) is 5.54. The molecule has 0 spiro atoms. The molecule has 11 heteroatoms. The number of esters is 1. The number of carbonyl (C=O) groups excluding carboxylic acids is 1. The molecule has 0 radical (unpaired) electrons. The van der Waals surface area contributed by atoms with Gasteiger partial charge in [0.05, 0.1) is 19.3 Å². The summed E-state index contributed by atoms with van der Waals surface area (Å²) in [5.41, 5.74) is 0. The maximum absolute atomic E-state index is 15.3. The third-order valence-corrected chi connectivity index (χ3v) is 8.38. The molecule has 2 saturated heterocycles. The predicted octanol–water partition coefficient (Wildman–Crippen LogP) is 6.55. The number of halogens is 1. The van der Waals surface area contributed by atoms with Crippen molar-refractivity contribution in [2.24, 2.45) is 5.92 Å². The summed E-state index contributed by atoms with van der Waals surface area (Å²) < 4.78 is 71.6. The molecule has 0 aromatic carbocycles. The Morgan fingerprint density at radius 2 is 1.07 bits per heavy atom. The fraction of sp³-hybridized carbons (Fsp3) is 0.971.